The number of nitrogens with zero attached hydrogens (tertiary/aromatic N) is 1. The van der Waals surface area contributed by atoms with E-state index < -0.39 is 0 Å². The van der Waals surface area contributed by atoms with Crippen LogP contribution in [0.1, 0.15) is 33.1 Å². The van der Waals surface area contributed by atoms with Crippen molar-refractivity contribution in [3.05, 3.63) is 0 Å². The van der Waals surface area contributed by atoms with E-state index >= 15 is 0 Å². The molecule has 90 valence electrons. The summed E-state index contributed by atoms with van der Waals surface area (Å²) in [6.45, 7) is 8.58. The Labute approximate surface area is 94.2 Å². The molecule has 1 fully saturated rings. The van der Waals surface area contributed by atoms with Gasteiger partial charge in [0.25, 0.3) is 0 Å². The maximum atomic E-state index is 5.17. The van der Waals surface area contributed by atoms with Gasteiger partial charge in [0.05, 0.1) is 6.61 Å². The maximum absolute atomic E-state index is 5.17. The van der Waals surface area contributed by atoms with Crippen LogP contribution < -0.4 is 5.32 Å². The Hall–Kier alpha value is -0.120. The van der Waals surface area contributed by atoms with E-state index in [1.807, 2.05) is 0 Å². The average molecular weight is 214 g/mol. The normalized spacial score (nSPS) is 26.4. The largest absolute Gasteiger partial charge is 0.383 e. The fourth-order valence-electron chi connectivity index (χ4n) is 2.64. The predicted octanol–water partition coefficient (Wildman–Crippen LogP) is 1.49. The zero-order valence-electron chi connectivity index (χ0n) is 10.5. The topological polar surface area (TPSA) is 24.5 Å². The third kappa shape index (κ3) is 3.74. The summed E-state index contributed by atoms with van der Waals surface area (Å²) >= 11 is 0. The van der Waals surface area contributed by atoms with Crippen molar-refractivity contribution in [2.24, 2.45) is 0 Å². The number of likely N-dealkylation sites (N-methyl/N-ethyl adjacent to an activating group) is 2. The SMILES string of the molecule is CCNC1CCCC1N(CC)CCOC. The quantitative estimate of drug-likeness (QED) is 0.695. The average Bonchev–Trinajstić information content (AvgIpc) is 2.68. The minimum atomic E-state index is 0.701. The Morgan fingerprint density at radius 2 is 2.13 bits per heavy atom. The summed E-state index contributed by atoms with van der Waals surface area (Å²) < 4.78 is 5.17. The van der Waals surface area contributed by atoms with Crippen LogP contribution in [0.4, 0.5) is 0 Å². The Balaban J connectivity index is 2.42. The lowest BCUT2D eigenvalue weighted by atomic mass is 10.1. The first-order valence-corrected chi connectivity index (χ1v) is 6.29. The van der Waals surface area contributed by atoms with Gasteiger partial charge in [-0.15, -0.1) is 0 Å². The van der Waals surface area contributed by atoms with Gasteiger partial charge in [0.2, 0.25) is 0 Å². The highest BCUT2D eigenvalue weighted by Gasteiger charge is 2.30. The molecule has 3 heteroatoms. The van der Waals surface area contributed by atoms with Gasteiger partial charge < -0.3 is 10.1 Å². The van der Waals surface area contributed by atoms with Crippen molar-refractivity contribution in [1.29, 1.82) is 0 Å². The predicted molar refractivity (Wildman–Crippen MR) is 64.2 cm³/mol. The van der Waals surface area contributed by atoms with Crippen molar-refractivity contribution < 1.29 is 4.74 Å². The Kier molecular flexibility index (Phi) is 6.22. The van der Waals surface area contributed by atoms with Crippen LogP contribution in [0.3, 0.4) is 0 Å². The number of rotatable bonds is 7. The molecular formula is C12H26N2O. The first-order chi connectivity index (χ1) is 7.33. The molecule has 1 aliphatic rings. The van der Waals surface area contributed by atoms with Crippen LogP contribution in [0.2, 0.25) is 0 Å². The second-order valence-electron chi connectivity index (χ2n) is 4.28. The van der Waals surface area contributed by atoms with E-state index in [0.717, 1.165) is 32.3 Å². The minimum Gasteiger partial charge on any atom is -0.383 e. The van der Waals surface area contributed by atoms with Crippen molar-refractivity contribution in [2.45, 2.75) is 45.2 Å². The van der Waals surface area contributed by atoms with Gasteiger partial charge in [0.15, 0.2) is 0 Å². The molecule has 3 nitrogen and oxygen atoms in total. The van der Waals surface area contributed by atoms with E-state index in [1.54, 1.807) is 7.11 Å². The van der Waals surface area contributed by atoms with E-state index in [1.165, 1.54) is 19.3 Å². The molecule has 0 bridgehead atoms. The highest BCUT2D eigenvalue weighted by molar-refractivity contribution is 4.89. The van der Waals surface area contributed by atoms with Crippen LogP contribution in [0.5, 0.6) is 0 Å². The molecule has 0 amide bonds. The standard InChI is InChI=1S/C12H26N2O/c1-4-13-11-7-6-8-12(11)14(5-2)9-10-15-3/h11-13H,4-10H2,1-3H3. The summed E-state index contributed by atoms with van der Waals surface area (Å²) in [5, 5.41) is 3.60. The van der Waals surface area contributed by atoms with Crippen LogP contribution in [0, 0.1) is 0 Å². The molecule has 0 aromatic heterocycles. The first kappa shape index (κ1) is 12.9. The van der Waals surface area contributed by atoms with Crippen molar-refractivity contribution in [3.8, 4) is 0 Å². The van der Waals surface area contributed by atoms with Crippen LogP contribution in [-0.2, 0) is 4.74 Å². The van der Waals surface area contributed by atoms with Crippen LogP contribution >= 0.6 is 0 Å². The molecule has 0 heterocycles. The summed E-state index contributed by atoms with van der Waals surface area (Å²) in [5.41, 5.74) is 0. The molecule has 1 aliphatic carbocycles. The minimum absolute atomic E-state index is 0.701. The van der Waals surface area contributed by atoms with Crippen molar-refractivity contribution in [2.75, 3.05) is 33.4 Å². The number of methoxy groups -OCH3 is 1. The lowest BCUT2D eigenvalue weighted by molar-refractivity contribution is 0.115. The summed E-state index contributed by atoms with van der Waals surface area (Å²) in [4.78, 5) is 2.56. The van der Waals surface area contributed by atoms with Crippen molar-refractivity contribution in [3.63, 3.8) is 0 Å². The summed E-state index contributed by atoms with van der Waals surface area (Å²) in [7, 11) is 1.78. The smallest absolute Gasteiger partial charge is 0.0589 e. The van der Waals surface area contributed by atoms with Crippen LogP contribution in [0.15, 0.2) is 0 Å². The second kappa shape index (κ2) is 7.20. The van der Waals surface area contributed by atoms with E-state index in [2.05, 4.69) is 24.1 Å². The molecule has 2 atom stereocenters. The van der Waals surface area contributed by atoms with Crippen LogP contribution in [0.25, 0.3) is 0 Å². The monoisotopic (exact) mass is 214 g/mol. The third-order valence-corrected chi connectivity index (χ3v) is 3.40. The molecule has 0 aromatic rings. The summed E-state index contributed by atoms with van der Waals surface area (Å²) in [6, 6.07) is 1.43. The van der Waals surface area contributed by atoms with E-state index in [9.17, 15) is 0 Å². The molecule has 2 unspecified atom stereocenters. The van der Waals surface area contributed by atoms with Gasteiger partial charge in [-0.05, 0) is 25.9 Å². The fraction of sp³-hybridized carbons (Fsp3) is 1.00. The van der Waals surface area contributed by atoms with Gasteiger partial charge in [-0.3, -0.25) is 4.90 Å². The highest BCUT2D eigenvalue weighted by atomic mass is 16.5. The molecule has 15 heavy (non-hydrogen) atoms. The van der Waals surface area contributed by atoms with Gasteiger partial charge in [-0.1, -0.05) is 20.3 Å². The van der Waals surface area contributed by atoms with E-state index in [4.69, 9.17) is 4.74 Å². The van der Waals surface area contributed by atoms with Gasteiger partial charge in [-0.25, -0.2) is 0 Å². The molecule has 1 saturated carbocycles. The maximum Gasteiger partial charge on any atom is 0.0589 e. The highest BCUT2D eigenvalue weighted by Crippen LogP contribution is 2.23. The summed E-state index contributed by atoms with van der Waals surface area (Å²) in [5.74, 6) is 0. The molecule has 1 rings (SSSR count). The number of hydrogen-bond donors (Lipinski definition) is 1. The molecule has 0 spiro atoms. The number of hydrogen-bond acceptors (Lipinski definition) is 3. The van der Waals surface area contributed by atoms with E-state index in [-0.39, 0.29) is 0 Å². The molecule has 1 N–H and O–H groups in total. The molecular weight excluding hydrogens is 188 g/mol. The molecule has 0 radical (unpaired) electrons. The van der Waals surface area contributed by atoms with Gasteiger partial charge in [0.1, 0.15) is 0 Å². The number of nitrogens with one attached hydrogen (secondary N) is 1. The first-order valence-electron chi connectivity index (χ1n) is 6.29. The lowest BCUT2D eigenvalue weighted by Gasteiger charge is -2.32. The molecule has 0 aromatic carbocycles. The Morgan fingerprint density at radius 3 is 2.73 bits per heavy atom. The fourth-order valence-corrected chi connectivity index (χ4v) is 2.64. The zero-order valence-corrected chi connectivity index (χ0v) is 10.5. The zero-order chi connectivity index (χ0) is 11.1. The summed E-state index contributed by atoms with van der Waals surface area (Å²) in [6.07, 6.45) is 4.04. The van der Waals surface area contributed by atoms with Gasteiger partial charge >= 0.3 is 0 Å². The Bertz CT molecular complexity index is 164. The number of ether oxygens (including phenoxy) is 1. The van der Waals surface area contributed by atoms with Crippen molar-refractivity contribution >= 4 is 0 Å². The Morgan fingerprint density at radius 1 is 1.33 bits per heavy atom. The van der Waals surface area contributed by atoms with Gasteiger partial charge in [-0.2, -0.15) is 0 Å². The van der Waals surface area contributed by atoms with E-state index in [0.29, 0.717) is 6.04 Å². The molecule has 0 saturated heterocycles. The second-order valence-corrected chi connectivity index (χ2v) is 4.28. The molecule has 0 aliphatic heterocycles. The van der Waals surface area contributed by atoms with Crippen LogP contribution in [-0.4, -0.2) is 50.3 Å². The third-order valence-electron chi connectivity index (χ3n) is 3.40. The van der Waals surface area contributed by atoms with Gasteiger partial charge in [0, 0.05) is 25.7 Å². The lowest BCUT2D eigenvalue weighted by Crippen LogP contribution is -2.47. The van der Waals surface area contributed by atoms with Crippen molar-refractivity contribution in [1.82, 2.24) is 10.2 Å².